The molecule has 3 nitrogen and oxygen atoms in total. The van der Waals surface area contributed by atoms with E-state index in [1.807, 2.05) is 26.2 Å². The lowest BCUT2D eigenvalue weighted by Crippen LogP contribution is -2.35. The third kappa shape index (κ3) is 4.05. The summed E-state index contributed by atoms with van der Waals surface area (Å²) in [5.41, 5.74) is 2.99. The maximum absolute atomic E-state index is 3.05. The zero-order chi connectivity index (χ0) is 6.41. The minimum atomic E-state index is 1.03. The molecule has 0 radical (unpaired) electrons. The molecule has 3 heteroatoms. The van der Waals surface area contributed by atoms with Crippen molar-refractivity contribution < 1.29 is 0 Å². The van der Waals surface area contributed by atoms with E-state index in [9.17, 15) is 0 Å². The van der Waals surface area contributed by atoms with Gasteiger partial charge < -0.3 is 5.32 Å². The zero-order valence-corrected chi connectivity index (χ0v) is 5.86. The summed E-state index contributed by atoms with van der Waals surface area (Å²) < 4.78 is 0. The van der Waals surface area contributed by atoms with Crippen LogP contribution in [0.1, 0.15) is 0 Å². The van der Waals surface area contributed by atoms with Crippen LogP contribution in [-0.4, -0.2) is 39.2 Å². The molecule has 0 unspecified atom stereocenters. The average Bonchev–Trinajstić information content (AvgIpc) is 1.83. The fraction of sp³-hybridized carbons (Fsp3) is 1.00. The standard InChI is InChI=1S/C5H15N3/c1-6-4-5-8(3)7-2/h6-7H,4-5H2,1-3H3. The number of nitrogens with one attached hydrogen (secondary N) is 2. The van der Waals surface area contributed by atoms with Crippen molar-refractivity contribution in [2.24, 2.45) is 0 Å². The zero-order valence-electron chi connectivity index (χ0n) is 5.86. The van der Waals surface area contributed by atoms with Crippen molar-refractivity contribution in [3.63, 3.8) is 0 Å². The maximum atomic E-state index is 3.05. The van der Waals surface area contributed by atoms with Gasteiger partial charge in [0.2, 0.25) is 0 Å². The van der Waals surface area contributed by atoms with Crippen LogP contribution >= 0.6 is 0 Å². The van der Waals surface area contributed by atoms with Gasteiger partial charge in [0, 0.05) is 20.1 Å². The molecule has 8 heavy (non-hydrogen) atoms. The first-order valence-electron chi connectivity index (χ1n) is 2.84. The quantitative estimate of drug-likeness (QED) is 0.475. The van der Waals surface area contributed by atoms with Gasteiger partial charge >= 0.3 is 0 Å². The molecular weight excluding hydrogens is 102 g/mol. The first-order valence-corrected chi connectivity index (χ1v) is 2.84. The largest absolute Gasteiger partial charge is 0.318 e. The first-order chi connectivity index (χ1) is 3.81. The van der Waals surface area contributed by atoms with Gasteiger partial charge in [0.15, 0.2) is 0 Å². The minimum absolute atomic E-state index is 1.03. The summed E-state index contributed by atoms with van der Waals surface area (Å²) in [7, 11) is 5.87. The van der Waals surface area contributed by atoms with Gasteiger partial charge in [-0.2, -0.15) is 0 Å². The fourth-order valence-corrected chi connectivity index (χ4v) is 0.391. The van der Waals surface area contributed by atoms with E-state index < -0.39 is 0 Å². The fourth-order valence-electron chi connectivity index (χ4n) is 0.391. The number of hydrogen-bond donors (Lipinski definition) is 2. The van der Waals surface area contributed by atoms with E-state index in [1.165, 1.54) is 0 Å². The molecule has 50 valence electrons. The Kier molecular flexibility index (Phi) is 4.95. The van der Waals surface area contributed by atoms with Crippen LogP contribution in [0, 0.1) is 0 Å². The summed E-state index contributed by atoms with van der Waals surface area (Å²) >= 11 is 0. The molecule has 0 aliphatic rings. The average molecular weight is 117 g/mol. The summed E-state index contributed by atoms with van der Waals surface area (Å²) in [6.07, 6.45) is 0. The van der Waals surface area contributed by atoms with Crippen LogP contribution in [0.2, 0.25) is 0 Å². The molecule has 0 aromatic heterocycles. The Morgan fingerprint density at radius 3 is 2.38 bits per heavy atom. The number of likely N-dealkylation sites (N-methyl/N-ethyl adjacent to an activating group) is 2. The Morgan fingerprint density at radius 2 is 2.00 bits per heavy atom. The highest BCUT2D eigenvalue weighted by molar-refractivity contribution is 4.43. The van der Waals surface area contributed by atoms with E-state index in [1.54, 1.807) is 0 Å². The predicted molar refractivity (Wildman–Crippen MR) is 35.6 cm³/mol. The van der Waals surface area contributed by atoms with Crippen molar-refractivity contribution in [3.05, 3.63) is 0 Å². The molecule has 0 heterocycles. The second kappa shape index (κ2) is 5.03. The molecule has 0 aromatic rings. The predicted octanol–water partition coefficient (Wildman–Crippen LogP) is -0.728. The molecule has 0 saturated heterocycles. The second-order valence-electron chi connectivity index (χ2n) is 1.75. The van der Waals surface area contributed by atoms with E-state index in [2.05, 4.69) is 10.7 Å². The van der Waals surface area contributed by atoms with Crippen LogP contribution in [-0.2, 0) is 0 Å². The molecular formula is C5H15N3. The Bertz CT molecular complexity index is 46.9. The van der Waals surface area contributed by atoms with Crippen LogP contribution in [0.15, 0.2) is 0 Å². The molecule has 0 spiro atoms. The molecule has 0 amide bonds. The van der Waals surface area contributed by atoms with Crippen LogP contribution in [0.5, 0.6) is 0 Å². The lowest BCUT2D eigenvalue weighted by atomic mass is 10.6. The molecule has 0 aromatic carbocycles. The van der Waals surface area contributed by atoms with Crippen molar-refractivity contribution in [1.82, 2.24) is 15.8 Å². The molecule has 2 N–H and O–H groups in total. The van der Waals surface area contributed by atoms with E-state index >= 15 is 0 Å². The Hall–Kier alpha value is -0.120. The Morgan fingerprint density at radius 1 is 1.38 bits per heavy atom. The van der Waals surface area contributed by atoms with Crippen molar-refractivity contribution >= 4 is 0 Å². The Balaban J connectivity index is 2.86. The number of hydrogen-bond acceptors (Lipinski definition) is 3. The number of hydrazine groups is 1. The van der Waals surface area contributed by atoms with Crippen molar-refractivity contribution in [3.8, 4) is 0 Å². The molecule has 0 saturated carbocycles. The van der Waals surface area contributed by atoms with Crippen LogP contribution in [0.3, 0.4) is 0 Å². The van der Waals surface area contributed by atoms with E-state index in [0.717, 1.165) is 13.1 Å². The summed E-state index contributed by atoms with van der Waals surface area (Å²) in [5.74, 6) is 0. The molecule has 0 fully saturated rings. The third-order valence-corrected chi connectivity index (χ3v) is 1.08. The minimum Gasteiger partial charge on any atom is -0.318 e. The van der Waals surface area contributed by atoms with Gasteiger partial charge in [0.1, 0.15) is 0 Å². The SMILES string of the molecule is CNCCN(C)NC. The van der Waals surface area contributed by atoms with Crippen molar-refractivity contribution in [1.29, 1.82) is 0 Å². The van der Waals surface area contributed by atoms with Gasteiger partial charge in [-0.05, 0) is 14.1 Å². The van der Waals surface area contributed by atoms with Gasteiger partial charge in [0.25, 0.3) is 0 Å². The summed E-state index contributed by atoms with van der Waals surface area (Å²) in [6.45, 7) is 2.06. The van der Waals surface area contributed by atoms with Crippen molar-refractivity contribution in [2.75, 3.05) is 34.2 Å². The highest BCUT2D eigenvalue weighted by atomic mass is 15.5. The number of nitrogens with zero attached hydrogens (tertiary/aromatic N) is 1. The van der Waals surface area contributed by atoms with Crippen LogP contribution in [0.25, 0.3) is 0 Å². The maximum Gasteiger partial charge on any atom is 0.0252 e. The van der Waals surface area contributed by atoms with Gasteiger partial charge in [0.05, 0.1) is 0 Å². The smallest absolute Gasteiger partial charge is 0.0252 e. The van der Waals surface area contributed by atoms with Gasteiger partial charge in [-0.15, -0.1) is 0 Å². The first kappa shape index (κ1) is 7.88. The highest BCUT2D eigenvalue weighted by Crippen LogP contribution is 1.67. The Labute approximate surface area is 51.0 Å². The monoisotopic (exact) mass is 117 g/mol. The van der Waals surface area contributed by atoms with E-state index in [0.29, 0.717) is 0 Å². The molecule has 0 rings (SSSR count). The molecule has 0 bridgehead atoms. The third-order valence-electron chi connectivity index (χ3n) is 1.08. The van der Waals surface area contributed by atoms with Gasteiger partial charge in [-0.25, -0.2) is 5.01 Å². The second-order valence-corrected chi connectivity index (χ2v) is 1.75. The number of rotatable bonds is 4. The molecule has 0 aliphatic heterocycles. The van der Waals surface area contributed by atoms with Crippen LogP contribution in [0.4, 0.5) is 0 Å². The molecule has 0 atom stereocenters. The van der Waals surface area contributed by atoms with Crippen molar-refractivity contribution in [2.45, 2.75) is 0 Å². The summed E-state index contributed by atoms with van der Waals surface area (Å²) in [4.78, 5) is 0. The molecule has 0 aliphatic carbocycles. The lowest BCUT2D eigenvalue weighted by Gasteiger charge is -2.13. The van der Waals surface area contributed by atoms with E-state index in [-0.39, 0.29) is 0 Å². The van der Waals surface area contributed by atoms with Gasteiger partial charge in [-0.1, -0.05) is 0 Å². The normalized spacial score (nSPS) is 10.5. The lowest BCUT2D eigenvalue weighted by molar-refractivity contribution is 0.262. The topological polar surface area (TPSA) is 27.3 Å². The van der Waals surface area contributed by atoms with Crippen LogP contribution < -0.4 is 10.7 Å². The van der Waals surface area contributed by atoms with E-state index in [4.69, 9.17) is 0 Å². The summed E-state index contributed by atoms with van der Waals surface area (Å²) in [6, 6.07) is 0. The highest BCUT2D eigenvalue weighted by Gasteiger charge is 1.87. The summed E-state index contributed by atoms with van der Waals surface area (Å²) in [5, 5.41) is 5.08. The van der Waals surface area contributed by atoms with Gasteiger partial charge in [-0.3, -0.25) is 5.43 Å².